The largest absolute Gasteiger partial charge is 0.271 e. The Morgan fingerprint density at radius 1 is 1.07 bits per heavy atom. The van der Waals surface area contributed by atoms with E-state index >= 15 is 0 Å². The highest BCUT2D eigenvalue weighted by Gasteiger charge is 2.01. The maximum absolute atomic E-state index is 5.34. The maximum Gasteiger partial charge on any atom is 0.0354 e. The summed E-state index contributed by atoms with van der Waals surface area (Å²) in [5.41, 5.74) is 5.25. The first-order chi connectivity index (χ1) is 6.83. The highest BCUT2D eigenvalue weighted by atomic mass is 15.2. The van der Waals surface area contributed by atoms with E-state index in [0.29, 0.717) is 6.54 Å². The van der Waals surface area contributed by atoms with Crippen LogP contribution in [-0.4, -0.2) is 0 Å². The molecular formula is C12H14N2. The van der Waals surface area contributed by atoms with E-state index in [1.807, 2.05) is 0 Å². The Morgan fingerprint density at radius 2 is 1.79 bits per heavy atom. The molecule has 0 aliphatic heterocycles. The Labute approximate surface area is 83.7 Å². The van der Waals surface area contributed by atoms with Crippen molar-refractivity contribution in [2.24, 2.45) is 5.84 Å². The molecule has 0 heterocycles. The molecule has 2 aromatic rings. The summed E-state index contributed by atoms with van der Waals surface area (Å²) in [5, 5.41) is 2.59. The van der Waals surface area contributed by atoms with Crippen LogP contribution in [0.3, 0.4) is 0 Å². The van der Waals surface area contributed by atoms with Crippen molar-refractivity contribution in [3.8, 4) is 0 Å². The van der Waals surface area contributed by atoms with Gasteiger partial charge in [-0.15, -0.1) is 0 Å². The predicted molar refractivity (Wildman–Crippen MR) is 59.7 cm³/mol. The molecule has 0 unspecified atom stereocenters. The van der Waals surface area contributed by atoms with Crippen molar-refractivity contribution in [3.05, 3.63) is 47.5 Å². The van der Waals surface area contributed by atoms with Crippen molar-refractivity contribution in [2.75, 3.05) is 0 Å². The van der Waals surface area contributed by atoms with Crippen LogP contribution in [-0.2, 0) is 6.54 Å². The van der Waals surface area contributed by atoms with Gasteiger partial charge in [-0.05, 0) is 28.8 Å². The fraction of sp³-hybridized carbons (Fsp3) is 0.167. The summed E-state index contributed by atoms with van der Waals surface area (Å²) in [6.45, 7) is 2.84. The van der Waals surface area contributed by atoms with E-state index in [9.17, 15) is 0 Å². The van der Waals surface area contributed by atoms with Gasteiger partial charge in [0.05, 0.1) is 0 Å². The van der Waals surface area contributed by atoms with Gasteiger partial charge in [0.1, 0.15) is 0 Å². The van der Waals surface area contributed by atoms with E-state index in [1.54, 1.807) is 0 Å². The summed E-state index contributed by atoms with van der Waals surface area (Å²) in [7, 11) is 0. The van der Waals surface area contributed by atoms with Crippen LogP contribution in [0.25, 0.3) is 10.8 Å². The zero-order chi connectivity index (χ0) is 9.97. The third kappa shape index (κ3) is 1.50. The molecule has 0 saturated heterocycles. The fourth-order valence-corrected chi connectivity index (χ4v) is 1.78. The van der Waals surface area contributed by atoms with Gasteiger partial charge in [0.15, 0.2) is 0 Å². The average molecular weight is 186 g/mol. The quantitative estimate of drug-likeness (QED) is 0.557. The first-order valence-electron chi connectivity index (χ1n) is 4.73. The van der Waals surface area contributed by atoms with Crippen LogP contribution >= 0.6 is 0 Å². The lowest BCUT2D eigenvalue weighted by Gasteiger charge is -2.07. The Hall–Kier alpha value is -1.38. The number of hydrazine groups is 1. The summed E-state index contributed by atoms with van der Waals surface area (Å²) >= 11 is 0. The third-order valence-corrected chi connectivity index (χ3v) is 2.52. The molecular weight excluding hydrogens is 172 g/mol. The lowest BCUT2D eigenvalue weighted by molar-refractivity contribution is 0.745. The van der Waals surface area contributed by atoms with Gasteiger partial charge in [0.2, 0.25) is 0 Å². The molecule has 0 bridgehead atoms. The number of hydrogen-bond donors (Lipinski definition) is 2. The zero-order valence-corrected chi connectivity index (χ0v) is 8.25. The Balaban J connectivity index is 2.68. The second-order valence-corrected chi connectivity index (χ2v) is 3.47. The van der Waals surface area contributed by atoms with E-state index in [4.69, 9.17) is 5.84 Å². The number of fused-ring (bicyclic) bond motifs is 1. The molecule has 0 radical (unpaired) electrons. The first-order valence-corrected chi connectivity index (χ1v) is 4.73. The summed E-state index contributed by atoms with van der Waals surface area (Å²) in [4.78, 5) is 0. The van der Waals surface area contributed by atoms with Crippen LogP contribution in [0, 0.1) is 6.92 Å². The molecule has 0 aromatic heterocycles. The molecule has 0 atom stereocenters. The van der Waals surface area contributed by atoms with E-state index in [0.717, 1.165) is 0 Å². The van der Waals surface area contributed by atoms with Gasteiger partial charge in [0.25, 0.3) is 0 Å². The van der Waals surface area contributed by atoms with Crippen molar-refractivity contribution in [1.29, 1.82) is 0 Å². The van der Waals surface area contributed by atoms with Crippen molar-refractivity contribution in [1.82, 2.24) is 5.43 Å². The zero-order valence-electron chi connectivity index (χ0n) is 8.25. The number of hydrogen-bond acceptors (Lipinski definition) is 2. The molecule has 72 valence electrons. The van der Waals surface area contributed by atoms with E-state index in [-0.39, 0.29) is 0 Å². The van der Waals surface area contributed by atoms with E-state index in [1.165, 1.54) is 21.9 Å². The molecule has 0 aliphatic carbocycles. The predicted octanol–water partition coefficient (Wildman–Crippen LogP) is 2.11. The molecule has 2 heteroatoms. The first kappa shape index (κ1) is 9.19. The summed E-state index contributed by atoms with van der Waals surface area (Å²) in [6.07, 6.45) is 0. The Bertz CT molecular complexity index is 449. The highest BCUT2D eigenvalue weighted by molar-refractivity contribution is 5.88. The summed E-state index contributed by atoms with van der Waals surface area (Å²) in [5.74, 6) is 5.34. The second kappa shape index (κ2) is 3.78. The number of nitrogens with one attached hydrogen (secondary N) is 1. The van der Waals surface area contributed by atoms with Crippen molar-refractivity contribution in [3.63, 3.8) is 0 Å². The normalized spacial score (nSPS) is 10.7. The summed E-state index contributed by atoms with van der Waals surface area (Å²) < 4.78 is 0. The van der Waals surface area contributed by atoms with Crippen LogP contribution < -0.4 is 11.3 Å². The van der Waals surface area contributed by atoms with E-state index < -0.39 is 0 Å². The third-order valence-electron chi connectivity index (χ3n) is 2.52. The SMILES string of the molecule is Cc1ccc(CNN)c2ccccc12. The van der Waals surface area contributed by atoms with Crippen molar-refractivity contribution in [2.45, 2.75) is 13.5 Å². The van der Waals surface area contributed by atoms with Gasteiger partial charge in [-0.3, -0.25) is 11.3 Å². The van der Waals surface area contributed by atoms with Crippen LogP contribution in [0.15, 0.2) is 36.4 Å². The Kier molecular flexibility index (Phi) is 2.48. The lowest BCUT2D eigenvalue weighted by Crippen LogP contribution is -2.20. The highest BCUT2D eigenvalue weighted by Crippen LogP contribution is 2.21. The van der Waals surface area contributed by atoms with Crippen LogP contribution in [0.2, 0.25) is 0 Å². The van der Waals surface area contributed by atoms with Gasteiger partial charge in [-0.25, -0.2) is 0 Å². The molecule has 0 fully saturated rings. The minimum absolute atomic E-state index is 0.709. The molecule has 2 rings (SSSR count). The average Bonchev–Trinajstić information content (AvgIpc) is 2.23. The number of benzene rings is 2. The van der Waals surface area contributed by atoms with Crippen molar-refractivity contribution >= 4 is 10.8 Å². The van der Waals surface area contributed by atoms with Gasteiger partial charge in [-0.1, -0.05) is 36.4 Å². The van der Waals surface area contributed by atoms with Crippen LogP contribution in [0.1, 0.15) is 11.1 Å². The van der Waals surface area contributed by atoms with Gasteiger partial charge in [0, 0.05) is 6.54 Å². The molecule has 3 N–H and O–H groups in total. The molecule has 14 heavy (non-hydrogen) atoms. The second-order valence-electron chi connectivity index (χ2n) is 3.47. The standard InChI is InChI=1S/C12H14N2/c1-9-6-7-10(8-14-13)12-5-3-2-4-11(9)12/h2-7,14H,8,13H2,1H3. The van der Waals surface area contributed by atoms with Gasteiger partial charge >= 0.3 is 0 Å². The molecule has 0 aliphatic rings. The van der Waals surface area contributed by atoms with E-state index in [2.05, 4.69) is 48.7 Å². The number of nitrogens with two attached hydrogens (primary N) is 1. The molecule has 2 nitrogen and oxygen atoms in total. The van der Waals surface area contributed by atoms with Gasteiger partial charge in [-0.2, -0.15) is 0 Å². The number of aryl methyl sites for hydroxylation is 1. The minimum atomic E-state index is 0.709. The van der Waals surface area contributed by atoms with Gasteiger partial charge < -0.3 is 0 Å². The summed E-state index contributed by atoms with van der Waals surface area (Å²) in [6, 6.07) is 12.7. The van der Waals surface area contributed by atoms with Crippen LogP contribution in [0.4, 0.5) is 0 Å². The molecule has 0 saturated carbocycles. The number of rotatable bonds is 2. The molecule has 0 spiro atoms. The topological polar surface area (TPSA) is 38.0 Å². The molecule has 2 aromatic carbocycles. The van der Waals surface area contributed by atoms with Crippen molar-refractivity contribution < 1.29 is 0 Å². The smallest absolute Gasteiger partial charge is 0.0354 e. The Morgan fingerprint density at radius 3 is 2.50 bits per heavy atom. The fourth-order valence-electron chi connectivity index (χ4n) is 1.78. The lowest BCUT2D eigenvalue weighted by atomic mass is 10.0. The monoisotopic (exact) mass is 186 g/mol. The molecule has 0 amide bonds. The minimum Gasteiger partial charge on any atom is -0.271 e. The van der Waals surface area contributed by atoms with Crippen LogP contribution in [0.5, 0.6) is 0 Å². The maximum atomic E-state index is 5.34.